The average Bonchev–Trinajstić information content (AvgIpc) is 3.05. The van der Waals surface area contributed by atoms with E-state index in [2.05, 4.69) is 18.3 Å². The van der Waals surface area contributed by atoms with Crippen LogP contribution in [-0.2, 0) is 6.42 Å². The van der Waals surface area contributed by atoms with Crippen LogP contribution in [0.25, 0.3) is 0 Å². The lowest BCUT2D eigenvalue weighted by atomic mass is 9.83. The number of likely N-dealkylation sites (N-methyl/N-ethyl adjacent to an activating group) is 1. The summed E-state index contributed by atoms with van der Waals surface area (Å²) in [7, 11) is 0. The third-order valence-corrected chi connectivity index (χ3v) is 5.03. The van der Waals surface area contributed by atoms with Gasteiger partial charge in [0.25, 0.3) is 0 Å². The average molecular weight is 247 g/mol. The maximum atomic E-state index is 5.19. The van der Waals surface area contributed by atoms with Crippen LogP contribution in [0.3, 0.4) is 0 Å². The number of fused-ring (bicyclic) bond motifs is 2. The molecule has 2 fully saturated rings. The van der Waals surface area contributed by atoms with Crippen LogP contribution in [0, 0.1) is 17.8 Å². The Morgan fingerprint density at radius 2 is 2.33 bits per heavy atom. The third kappa shape index (κ3) is 2.64. The molecule has 18 heavy (non-hydrogen) atoms. The fourth-order valence-corrected chi connectivity index (χ4v) is 4.25. The Morgan fingerprint density at radius 1 is 1.39 bits per heavy atom. The summed E-state index contributed by atoms with van der Waals surface area (Å²) in [6, 6.07) is 2.74. The van der Waals surface area contributed by atoms with Gasteiger partial charge in [0.2, 0.25) is 0 Å². The van der Waals surface area contributed by atoms with Crippen LogP contribution in [-0.4, -0.2) is 12.6 Å². The van der Waals surface area contributed by atoms with Crippen molar-refractivity contribution in [2.75, 3.05) is 6.54 Å². The maximum absolute atomic E-state index is 5.19. The predicted octanol–water partition coefficient (Wildman–Crippen LogP) is 3.63. The van der Waals surface area contributed by atoms with Crippen molar-refractivity contribution in [3.05, 3.63) is 24.2 Å². The third-order valence-electron chi connectivity index (χ3n) is 5.03. The molecule has 1 heterocycles. The van der Waals surface area contributed by atoms with Gasteiger partial charge in [0.05, 0.1) is 12.5 Å². The minimum atomic E-state index is 0.636. The molecule has 1 N–H and O–H groups in total. The van der Waals surface area contributed by atoms with Gasteiger partial charge in [-0.25, -0.2) is 0 Å². The Balaban J connectivity index is 1.56. The molecular weight excluding hydrogens is 222 g/mol. The van der Waals surface area contributed by atoms with Gasteiger partial charge in [-0.1, -0.05) is 13.3 Å². The van der Waals surface area contributed by atoms with Gasteiger partial charge in [0.1, 0.15) is 0 Å². The molecule has 0 aliphatic heterocycles. The summed E-state index contributed by atoms with van der Waals surface area (Å²) in [4.78, 5) is 0. The van der Waals surface area contributed by atoms with Crippen molar-refractivity contribution in [3.8, 4) is 0 Å². The molecule has 4 unspecified atom stereocenters. The van der Waals surface area contributed by atoms with Crippen molar-refractivity contribution in [3.63, 3.8) is 0 Å². The Hall–Kier alpha value is -0.760. The zero-order valence-corrected chi connectivity index (χ0v) is 11.4. The molecule has 2 saturated carbocycles. The standard InChI is InChI=1S/C16H25NO/c1-2-17-16(9-13-5-6-18-11-13)10-15-8-12-3-4-14(15)7-12/h5-6,11-12,14-17H,2-4,7-10H2,1H3. The van der Waals surface area contributed by atoms with Crippen LogP contribution in [0.4, 0.5) is 0 Å². The van der Waals surface area contributed by atoms with Gasteiger partial charge in [-0.2, -0.15) is 0 Å². The van der Waals surface area contributed by atoms with Crippen molar-refractivity contribution in [2.45, 2.75) is 51.5 Å². The lowest BCUT2D eigenvalue weighted by molar-refractivity contribution is 0.278. The predicted molar refractivity (Wildman–Crippen MR) is 73.4 cm³/mol. The molecule has 2 aliphatic rings. The second-order valence-electron chi connectivity index (χ2n) is 6.26. The Bertz CT molecular complexity index is 359. The van der Waals surface area contributed by atoms with Crippen molar-refractivity contribution in [2.24, 2.45) is 17.8 Å². The van der Waals surface area contributed by atoms with E-state index in [0.29, 0.717) is 6.04 Å². The number of nitrogens with one attached hydrogen (secondary N) is 1. The van der Waals surface area contributed by atoms with E-state index < -0.39 is 0 Å². The molecular formula is C16H25NO. The van der Waals surface area contributed by atoms with Gasteiger partial charge in [-0.3, -0.25) is 0 Å². The van der Waals surface area contributed by atoms with Crippen LogP contribution in [0.1, 0.15) is 44.6 Å². The second-order valence-corrected chi connectivity index (χ2v) is 6.26. The number of hydrogen-bond acceptors (Lipinski definition) is 2. The Kier molecular flexibility index (Phi) is 3.74. The highest BCUT2D eigenvalue weighted by Gasteiger charge is 2.39. The van der Waals surface area contributed by atoms with Crippen LogP contribution < -0.4 is 5.32 Å². The molecule has 0 radical (unpaired) electrons. The summed E-state index contributed by atoms with van der Waals surface area (Å²) in [6.07, 6.45) is 12.2. The number of furan rings is 1. The first-order valence-electron chi connectivity index (χ1n) is 7.59. The van der Waals surface area contributed by atoms with E-state index >= 15 is 0 Å². The minimum Gasteiger partial charge on any atom is -0.472 e. The van der Waals surface area contributed by atoms with E-state index in [9.17, 15) is 0 Å². The summed E-state index contributed by atoms with van der Waals surface area (Å²) in [5.41, 5.74) is 1.34. The lowest BCUT2D eigenvalue weighted by Crippen LogP contribution is -2.34. The van der Waals surface area contributed by atoms with E-state index in [0.717, 1.165) is 30.7 Å². The largest absolute Gasteiger partial charge is 0.472 e. The van der Waals surface area contributed by atoms with E-state index in [4.69, 9.17) is 4.42 Å². The first-order chi connectivity index (χ1) is 8.85. The number of rotatable bonds is 6. The van der Waals surface area contributed by atoms with E-state index in [-0.39, 0.29) is 0 Å². The Morgan fingerprint density at radius 3 is 2.94 bits per heavy atom. The molecule has 2 bridgehead atoms. The van der Waals surface area contributed by atoms with E-state index in [1.54, 1.807) is 6.26 Å². The second kappa shape index (κ2) is 5.48. The van der Waals surface area contributed by atoms with Gasteiger partial charge in [-0.15, -0.1) is 0 Å². The molecule has 0 aromatic carbocycles. The molecule has 1 aromatic rings. The van der Waals surface area contributed by atoms with Gasteiger partial charge < -0.3 is 9.73 Å². The van der Waals surface area contributed by atoms with Crippen molar-refractivity contribution >= 4 is 0 Å². The fraction of sp³-hybridized carbons (Fsp3) is 0.750. The monoisotopic (exact) mass is 247 g/mol. The molecule has 0 amide bonds. The first kappa shape index (κ1) is 12.3. The quantitative estimate of drug-likeness (QED) is 0.830. The van der Waals surface area contributed by atoms with Crippen LogP contribution in [0.2, 0.25) is 0 Å². The molecule has 100 valence electrons. The molecule has 0 spiro atoms. The first-order valence-corrected chi connectivity index (χ1v) is 7.59. The normalized spacial score (nSPS) is 31.9. The molecule has 3 rings (SSSR count). The van der Waals surface area contributed by atoms with Crippen LogP contribution in [0.15, 0.2) is 23.0 Å². The van der Waals surface area contributed by atoms with E-state index in [1.165, 1.54) is 37.7 Å². The highest BCUT2D eigenvalue weighted by molar-refractivity contribution is 5.08. The lowest BCUT2D eigenvalue weighted by Gasteiger charge is -2.27. The summed E-state index contributed by atoms with van der Waals surface area (Å²) < 4.78 is 5.19. The maximum Gasteiger partial charge on any atom is 0.0935 e. The van der Waals surface area contributed by atoms with Gasteiger partial charge in [0.15, 0.2) is 0 Å². The highest BCUT2D eigenvalue weighted by atomic mass is 16.3. The zero-order chi connectivity index (χ0) is 12.4. The van der Waals surface area contributed by atoms with Gasteiger partial charge >= 0.3 is 0 Å². The summed E-state index contributed by atoms with van der Waals surface area (Å²) in [5.74, 6) is 3.09. The Labute approximate surface area is 110 Å². The molecule has 2 nitrogen and oxygen atoms in total. The summed E-state index contributed by atoms with van der Waals surface area (Å²) >= 11 is 0. The molecule has 2 aliphatic carbocycles. The summed E-state index contributed by atoms with van der Waals surface area (Å²) in [5, 5.41) is 3.67. The zero-order valence-electron chi connectivity index (χ0n) is 11.4. The van der Waals surface area contributed by atoms with Crippen molar-refractivity contribution in [1.29, 1.82) is 0 Å². The topological polar surface area (TPSA) is 25.2 Å². The van der Waals surface area contributed by atoms with E-state index in [1.807, 2.05) is 6.26 Å². The van der Waals surface area contributed by atoms with Gasteiger partial charge in [0, 0.05) is 6.04 Å². The molecule has 1 aromatic heterocycles. The van der Waals surface area contributed by atoms with Crippen molar-refractivity contribution < 1.29 is 4.42 Å². The fourth-order valence-electron chi connectivity index (χ4n) is 4.25. The van der Waals surface area contributed by atoms with Crippen molar-refractivity contribution in [1.82, 2.24) is 5.32 Å². The molecule has 4 atom stereocenters. The minimum absolute atomic E-state index is 0.636. The SMILES string of the molecule is CCNC(Cc1ccoc1)CC1CC2CCC1C2. The van der Waals surface area contributed by atoms with Crippen LogP contribution >= 0.6 is 0 Å². The van der Waals surface area contributed by atoms with Gasteiger partial charge in [-0.05, 0) is 68.0 Å². The molecule has 2 heteroatoms. The van der Waals surface area contributed by atoms with Crippen LogP contribution in [0.5, 0.6) is 0 Å². The summed E-state index contributed by atoms with van der Waals surface area (Å²) in [6.45, 7) is 3.28. The number of hydrogen-bond donors (Lipinski definition) is 1. The highest BCUT2D eigenvalue weighted by Crippen LogP contribution is 2.49. The molecule has 0 saturated heterocycles. The smallest absolute Gasteiger partial charge is 0.0935 e.